The van der Waals surface area contributed by atoms with Crippen LogP contribution in [0.15, 0.2) is 30.3 Å². The van der Waals surface area contributed by atoms with Gasteiger partial charge in [-0.2, -0.15) is 0 Å². The minimum absolute atomic E-state index is 0.00427. The summed E-state index contributed by atoms with van der Waals surface area (Å²) < 4.78 is 5.06. The second-order valence-corrected chi connectivity index (χ2v) is 5.22. The zero-order valence-corrected chi connectivity index (χ0v) is 10.9. The Bertz CT molecular complexity index is 340. The lowest BCUT2D eigenvalue weighted by Gasteiger charge is -2.18. The summed E-state index contributed by atoms with van der Waals surface area (Å²) in [5.41, 5.74) is 0.913. The van der Waals surface area contributed by atoms with Gasteiger partial charge in [0.05, 0.1) is 13.2 Å². The van der Waals surface area contributed by atoms with E-state index in [4.69, 9.17) is 9.84 Å². The van der Waals surface area contributed by atoms with Gasteiger partial charge >= 0.3 is 5.97 Å². The molecule has 2 atom stereocenters. The second-order valence-electron chi connectivity index (χ2n) is 3.67. The molecule has 94 valence electrons. The average Bonchev–Trinajstić information content (AvgIpc) is 2.36. The van der Waals surface area contributed by atoms with Gasteiger partial charge in [-0.25, -0.2) is 0 Å². The standard InChI is InChI=1S/C13H18O3S/c1-3-16-13(15)12(17-10(2)9-14)11-7-5-4-6-8-11/h4-8,10,12,14H,3,9H2,1-2H3. The smallest absolute Gasteiger partial charge is 0.323 e. The molecule has 0 aliphatic rings. The van der Waals surface area contributed by atoms with Gasteiger partial charge < -0.3 is 9.84 Å². The molecule has 1 aromatic rings. The molecule has 0 aromatic heterocycles. The van der Waals surface area contributed by atoms with Crippen LogP contribution in [0.25, 0.3) is 0 Å². The Hall–Kier alpha value is -1.00. The van der Waals surface area contributed by atoms with E-state index in [1.165, 1.54) is 11.8 Å². The van der Waals surface area contributed by atoms with Gasteiger partial charge in [-0.3, -0.25) is 4.79 Å². The first-order valence-corrected chi connectivity index (χ1v) is 6.61. The molecule has 2 unspecified atom stereocenters. The fourth-order valence-electron chi connectivity index (χ4n) is 1.39. The lowest BCUT2D eigenvalue weighted by atomic mass is 10.1. The molecule has 1 N–H and O–H groups in total. The van der Waals surface area contributed by atoms with Gasteiger partial charge in [0.25, 0.3) is 0 Å². The lowest BCUT2D eigenvalue weighted by Crippen LogP contribution is -2.17. The Morgan fingerprint density at radius 1 is 1.41 bits per heavy atom. The summed E-state index contributed by atoms with van der Waals surface area (Å²) in [6.07, 6.45) is 0. The average molecular weight is 254 g/mol. The highest BCUT2D eigenvalue weighted by Crippen LogP contribution is 2.33. The van der Waals surface area contributed by atoms with Gasteiger partial charge in [-0.15, -0.1) is 11.8 Å². The molecule has 17 heavy (non-hydrogen) atoms. The van der Waals surface area contributed by atoms with Gasteiger partial charge in [-0.1, -0.05) is 37.3 Å². The van der Waals surface area contributed by atoms with Gasteiger partial charge in [0.15, 0.2) is 0 Å². The van der Waals surface area contributed by atoms with E-state index in [0.29, 0.717) is 6.61 Å². The summed E-state index contributed by atoms with van der Waals surface area (Å²) in [7, 11) is 0. The molecule has 1 rings (SSSR count). The molecule has 0 bridgehead atoms. The fourth-order valence-corrected chi connectivity index (χ4v) is 2.44. The van der Waals surface area contributed by atoms with E-state index in [9.17, 15) is 4.79 Å². The zero-order chi connectivity index (χ0) is 12.7. The van der Waals surface area contributed by atoms with Crippen molar-refractivity contribution < 1.29 is 14.6 Å². The van der Waals surface area contributed by atoms with Crippen molar-refractivity contribution in [3.8, 4) is 0 Å². The van der Waals surface area contributed by atoms with Crippen LogP contribution in [0.5, 0.6) is 0 Å². The van der Waals surface area contributed by atoms with Crippen molar-refractivity contribution in [3.63, 3.8) is 0 Å². The maximum atomic E-state index is 11.9. The van der Waals surface area contributed by atoms with Crippen molar-refractivity contribution in [1.82, 2.24) is 0 Å². The number of benzene rings is 1. The van der Waals surface area contributed by atoms with Crippen LogP contribution in [0, 0.1) is 0 Å². The summed E-state index contributed by atoms with van der Waals surface area (Å²) in [5, 5.41) is 8.71. The number of aliphatic hydroxyl groups is 1. The molecule has 0 aliphatic carbocycles. The second kappa shape index (κ2) is 7.35. The summed E-state index contributed by atoms with van der Waals surface area (Å²) in [5.74, 6) is -0.246. The van der Waals surface area contributed by atoms with E-state index < -0.39 is 0 Å². The van der Waals surface area contributed by atoms with Crippen LogP contribution < -0.4 is 0 Å². The third-order valence-electron chi connectivity index (χ3n) is 2.23. The molecule has 0 fully saturated rings. The van der Waals surface area contributed by atoms with Crippen molar-refractivity contribution in [2.75, 3.05) is 13.2 Å². The van der Waals surface area contributed by atoms with Crippen molar-refractivity contribution in [2.45, 2.75) is 24.3 Å². The van der Waals surface area contributed by atoms with Crippen LogP contribution in [0.3, 0.4) is 0 Å². The fraction of sp³-hybridized carbons (Fsp3) is 0.462. The van der Waals surface area contributed by atoms with E-state index in [-0.39, 0.29) is 23.1 Å². The van der Waals surface area contributed by atoms with Crippen LogP contribution >= 0.6 is 11.8 Å². The highest BCUT2D eigenvalue weighted by molar-refractivity contribution is 8.00. The van der Waals surface area contributed by atoms with Gasteiger partial charge in [0, 0.05) is 5.25 Å². The number of aliphatic hydroxyl groups excluding tert-OH is 1. The number of hydrogen-bond acceptors (Lipinski definition) is 4. The number of carbonyl (C=O) groups excluding carboxylic acids is 1. The van der Waals surface area contributed by atoms with E-state index in [1.807, 2.05) is 37.3 Å². The molecule has 0 amide bonds. The van der Waals surface area contributed by atoms with Crippen LogP contribution in [0.1, 0.15) is 24.7 Å². The summed E-state index contributed by atoms with van der Waals surface area (Å²) in [4.78, 5) is 11.9. The molecule has 0 aliphatic heterocycles. The zero-order valence-electron chi connectivity index (χ0n) is 10.1. The number of hydrogen-bond donors (Lipinski definition) is 1. The minimum atomic E-state index is -0.363. The van der Waals surface area contributed by atoms with Crippen molar-refractivity contribution in [3.05, 3.63) is 35.9 Å². The molecule has 0 radical (unpaired) electrons. The predicted molar refractivity (Wildman–Crippen MR) is 70.0 cm³/mol. The molecule has 0 saturated heterocycles. The summed E-state index contributed by atoms with van der Waals surface area (Å²) in [6, 6.07) is 9.50. The molecule has 0 heterocycles. The van der Waals surface area contributed by atoms with Gasteiger partial charge in [0.1, 0.15) is 5.25 Å². The molecule has 3 nitrogen and oxygen atoms in total. The topological polar surface area (TPSA) is 46.5 Å². The Morgan fingerprint density at radius 3 is 2.59 bits per heavy atom. The van der Waals surface area contributed by atoms with Crippen LogP contribution in [-0.4, -0.2) is 29.5 Å². The van der Waals surface area contributed by atoms with Crippen molar-refractivity contribution in [2.24, 2.45) is 0 Å². The van der Waals surface area contributed by atoms with E-state index in [0.717, 1.165) is 5.56 Å². The maximum absolute atomic E-state index is 11.9. The number of ether oxygens (including phenoxy) is 1. The van der Waals surface area contributed by atoms with E-state index >= 15 is 0 Å². The largest absolute Gasteiger partial charge is 0.465 e. The number of carbonyl (C=O) groups is 1. The predicted octanol–water partition coefficient (Wildman–Crippen LogP) is 2.40. The molecule has 4 heteroatoms. The summed E-state index contributed by atoms with van der Waals surface area (Å²) in [6.45, 7) is 4.10. The Labute approximate surface area is 106 Å². The number of esters is 1. The molecular weight excluding hydrogens is 236 g/mol. The minimum Gasteiger partial charge on any atom is -0.465 e. The summed E-state index contributed by atoms with van der Waals surface area (Å²) >= 11 is 1.42. The molecule has 1 aromatic carbocycles. The lowest BCUT2D eigenvalue weighted by molar-refractivity contribution is -0.142. The highest BCUT2D eigenvalue weighted by atomic mass is 32.2. The van der Waals surface area contributed by atoms with Crippen molar-refractivity contribution in [1.29, 1.82) is 0 Å². The first-order chi connectivity index (χ1) is 8.19. The SMILES string of the molecule is CCOC(=O)C(SC(C)CO)c1ccccc1. The van der Waals surface area contributed by atoms with Crippen molar-refractivity contribution >= 4 is 17.7 Å². The van der Waals surface area contributed by atoms with E-state index in [2.05, 4.69) is 0 Å². The van der Waals surface area contributed by atoms with Crippen LogP contribution in [0.2, 0.25) is 0 Å². The third-order valence-corrected chi connectivity index (χ3v) is 3.58. The Balaban J connectivity index is 2.82. The molecule has 0 spiro atoms. The quantitative estimate of drug-likeness (QED) is 0.792. The number of rotatable bonds is 6. The van der Waals surface area contributed by atoms with Crippen LogP contribution in [0.4, 0.5) is 0 Å². The maximum Gasteiger partial charge on any atom is 0.323 e. The Kier molecular flexibility index (Phi) is 6.08. The first kappa shape index (κ1) is 14.1. The first-order valence-electron chi connectivity index (χ1n) is 5.67. The van der Waals surface area contributed by atoms with Gasteiger partial charge in [0.2, 0.25) is 0 Å². The monoisotopic (exact) mass is 254 g/mol. The Morgan fingerprint density at radius 2 is 2.06 bits per heavy atom. The normalized spacial score (nSPS) is 14.1. The molecule has 0 saturated carbocycles. The van der Waals surface area contributed by atoms with Gasteiger partial charge in [-0.05, 0) is 12.5 Å². The highest BCUT2D eigenvalue weighted by Gasteiger charge is 2.24. The number of thioether (sulfide) groups is 1. The third kappa shape index (κ3) is 4.40. The molecular formula is C13H18O3S. The van der Waals surface area contributed by atoms with Crippen LogP contribution in [-0.2, 0) is 9.53 Å². The van der Waals surface area contributed by atoms with E-state index in [1.54, 1.807) is 6.92 Å².